The molecule has 1 aliphatic rings. The Morgan fingerprint density at radius 1 is 1.50 bits per heavy atom. The third kappa shape index (κ3) is 3.12. The molecule has 1 unspecified atom stereocenters. The molecule has 1 aromatic rings. The Hall–Kier alpha value is -1.56. The zero-order chi connectivity index (χ0) is 14.9. The molecular weight excluding hydrogens is 254 g/mol. The van der Waals surface area contributed by atoms with Crippen LogP contribution in [0.15, 0.2) is 0 Å². The van der Waals surface area contributed by atoms with Crippen LogP contribution in [0, 0.1) is 19.8 Å². The SMILES string of the molecule is Cc1nn(CC(=O)N(C)CC2CCN(C)C2)c(C)c1N. The fourth-order valence-corrected chi connectivity index (χ4v) is 2.78. The fourth-order valence-electron chi connectivity index (χ4n) is 2.78. The lowest BCUT2D eigenvalue weighted by Gasteiger charge is -2.21. The van der Waals surface area contributed by atoms with Crippen molar-refractivity contribution in [1.29, 1.82) is 0 Å². The van der Waals surface area contributed by atoms with Gasteiger partial charge in [0, 0.05) is 20.1 Å². The van der Waals surface area contributed by atoms with E-state index in [1.165, 1.54) is 6.42 Å². The van der Waals surface area contributed by atoms with Gasteiger partial charge in [-0.1, -0.05) is 0 Å². The average molecular weight is 279 g/mol. The smallest absolute Gasteiger partial charge is 0.244 e. The van der Waals surface area contributed by atoms with Gasteiger partial charge in [-0.3, -0.25) is 9.48 Å². The number of aromatic nitrogens is 2. The van der Waals surface area contributed by atoms with Crippen LogP contribution in [0.25, 0.3) is 0 Å². The summed E-state index contributed by atoms with van der Waals surface area (Å²) in [5, 5.41) is 4.31. The van der Waals surface area contributed by atoms with Crippen LogP contribution in [0.5, 0.6) is 0 Å². The zero-order valence-electron chi connectivity index (χ0n) is 12.9. The molecule has 0 spiro atoms. The highest BCUT2D eigenvalue weighted by Gasteiger charge is 2.23. The topological polar surface area (TPSA) is 67.4 Å². The first kappa shape index (κ1) is 14.8. The first-order valence-electron chi connectivity index (χ1n) is 7.10. The van der Waals surface area contributed by atoms with Crippen molar-refractivity contribution in [3.05, 3.63) is 11.4 Å². The van der Waals surface area contributed by atoms with E-state index in [-0.39, 0.29) is 12.5 Å². The standard InChI is InChI=1S/C14H25N5O/c1-10-14(15)11(2)19(16-10)9-13(20)18(4)8-12-5-6-17(3)7-12/h12H,5-9,15H2,1-4H3. The minimum atomic E-state index is 0.0881. The quantitative estimate of drug-likeness (QED) is 0.871. The van der Waals surface area contributed by atoms with Crippen LogP contribution >= 0.6 is 0 Å². The predicted octanol–water partition coefficient (Wildman–Crippen LogP) is 0.492. The van der Waals surface area contributed by atoms with Crippen molar-refractivity contribution in [2.45, 2.75) is 26.8 Å². The number of nitrogen functional groups attached to an aromatic ring is 1. The number of anilines is 1. The van der Waals surface area contributed by atoms with Gasteiger partial charge in [0.05, 0.1) is 17.1 Å². The van der Waals surface area contributed by atoms with E-state index in [1.54, 1.807) is 4.68 Å². The molecule has 0 aromatic carbocycles. The van der Waals surface area contributed by atoms with Gasteiger partial charge in [-0.2, -0.15) is 5.10 Å². The number of aryl methyl sites for hydroxylation is 1. The molecule has 2 heterocycles. The van der Waals surface area contributed by atoms with Crippen molar-refractivity contribution in [2.75, 3.05) is 39.5 Å². The molecule has 6 nitrogen and oxygen atoms in total. The zero-order valence-corrected chi connectivity index (χ0v) is 12.9. The second-order valence-corrected chi connectivity index (χ2v) is 5.93. The van der Waals surface area contributed by atoms with Gasteiger partial charge in [0.15, 0.2) is 0 Å². The number of carbonyl (C=O) groups is 1. The lowest BCUT2D eigenvalue weighted by atomic mass is 10.1. The van der Waals surface area contributed by atoms with Crippen LogP contribution < -0.4 is 5.73 Å². The Bertz CT molecular complexity index is 496. The summed E-state index contributed by atoms with van der Waals surface area (Å²) in [6.07, 6.45) is 1.17. The summed E-state index contributed by atoms with van der Waals surface area (Å²) in [5.74, 6) is 0.671. The molecule has 1 atom stereocenters. The molecule has 0 bridgehead atoms. The van der Waals surface area contributed by atoms with Crippen molar-refractivity contribution in [3.8, 4) is 0 Å². The van der Waals surface area contributed by atoms with E-state index in [0.717, 1.165) is 31.0 Å². The highest BCUT2D eigenvalue weighted by atomic mass is 16.2. The monoisotopic (exact) mass is 279 g/mol. The number of nitrogens with two attached hydrogens (primary N) is 1. The van der Waals surface area contributed by atoms with Gasteiger partial charge in [-0.25, -0.2) is 0 Å². The fraction of sp³-hybridized carbons (Fsp3) is 0.714. The number of nitrogens with zero attached hydrogens (tertiary/aromatic N) is 4. The molecule has 1 aliphatic heterocycles. The summed E-state index contributed by atoms with van der Waals surface area (Å²) in [6.45, 7) is 7.04. The second kappa shape index (κ2) is 5.83. The molecule has 0 aliphatic carbocycles. The minimum Gasteiger partial charge on any atom is -0.396 e. The van der Waals surface area contributed by atoms with Gasteiger partial charge >= 0.3 is 0 Å². The van der Waals surface area contributed by atoms with E-state index in [1.807, 2.05) is 25.8 Å². The lowest BCUT2D eigenvalue weighted by Crippen LogP contribution is -2.35. The van der Waals surface area contributed by atoms with Crippen LogP contribution in [-0.2, 0) is 11.3 Å². The molecule has 1 aromatic heterocycles. The van der Waals surface area contributed by atoms with Crippen molar-refractivity contribution in [3.63, 3.8) is 0 Å². The third-order valence-corrected chi connectivity index (χ3v) is 4.17. The molecule has 1 fully saturated rings. The van der Waals surface area contributed by atoms with Crippen molar-refractivity contribution < 1.29 is 4.79 Å². The maximum atomic E-state index is 12.3. The van der Waals surface area contributed by atoms with E-state index >= 15 is 0 Å². The number of hydrogen-bond acceptors (Lipinski definition) is 4. The van der Waals surface area contributed by atoms with Crippen molar-refractivity contribution in [1.82, 2.24) is 19.6 Å². The van der Waals surface area contributed by atoms with E-state index < -0.39 is 0 Å². The summed E-state index contributed by atoms with van der Waals surface area (Å²) >= 11 is 0. The summed E-state index contributed by atoms with van der Waals surface area (Å²) in [7, 11) is 4.00. The molecule has 2 rings (SSSR count). The normalized spacial score (nSPS) is 19.5. The Balaban J connectivity index is 1.92. The first-order valence-corrected chi connectivity index (χ1v) is 7.10. The lowest BCUT2D eigenvalue weighted by molar-refractivity contribution is -0.131. The van der Waals surface area contributed by atoms with E-state index in [4.69, 9.17) is 5.73 Å². The van der Waals surface area contributed by atoms with Crippen LogP contribution in [0.1, 0.15) is 17.8 Å². The molecule has 20 heavy (non-hydrogen) atoms. The number of likely N-dealkylation sites (tertiary alicyclic amines) is 1. The van der Waals surface area contributed by atoms with Crippen LogP contribution in [-0.4, -0.2) is 59.2 Å². The Kier molecular flexibility index (Phi) is 4.32. The van der Waals surface area contributed by atoms with Gasteiger partial charge in [0.25, 0.3) is 0 Å². The van der Waals surface area contributed by atoms with Gasteiger partial charge in [0.1, 0.15) is 6.54 Å². The largest absolute Gasteiger partial charge is 0.396 e. The second-order valence-electron chi connectivity index (χ2n) is 5.93. The van der Waals surface area contributed by atoms with Gasteiger partial charge in [0.2, 0.25) is 5.91 Å². The summed E-state index contributed by atoms with van der Waals surface area (Å²) in [5.41, 5.74) is 8.22. The molecule has 0 radical (unpaired) electrons. The number of amides is 1. The molecule has 6 heteroatoms. The van der Waals surface area contributed by atoms with E-state index in [0.29, 0.717) is 11.6 Å². The van der Waals surface area contributed by atoms with Crippen LogP contribution in [0.2, 0.25) is 0 Å². The highest BCUT2D eigenvalue weighted by Crippen LogP contribution is 2.17. The predicted molar refractivity (Wildman–Crippen MR) is 79.4 cm³/mol. The maximum absolute atomic E-state index is 12.3. The van der Waals surface area contributed by atoms with Crippen LogP contribution in [0.4, 0.5) is 5.69 Å². The van der Waals surface area contributed by atoms with Crippen LogP contribution in [0.3, 0.4) is 0 Å². The van der Waals surface area contributed by atoms with Crippen molar-refractivity contribution >= 4 is 11.6 Å². The van der Waals surface area contributed by atoms with Gasteiger partial charge in [-0.15, -0.1) is 0 Å². The number of rotatable bonds is 4. The maximum Gasteiger partial charge on any atom is 0.244 e. The van der Waals surface area contributed by atoms with E-state index in [9.17, 15) is 4.79 Å². The molecular formula is C14H25N5O. The Morgan fingerprint density at radius 2 is 2.20 bits per heavy atom. The number of carbonyl (C=O) groups excluding carboxylic acids is 1. The minimum absolute atomic E-state index is 0.0881. The first-order chi connectivity index (χ1) is 9.38. The molecule has 1 saturated heterocycles. The summed E-state index contributed by atoms with van der Waals surface area (Å²) < 4.78 is 1.70. The number of likely N-dealkylation sites (N-methyl/N-ethyl adjacent to an activating group) is 1. The molecule has 2 N–H and O–H groups in total. The van der Waals surface area contributed by atoms with E-state index in [2.05, 4.69) is 17.0 Å². The highest BCUT2D eigenvalue weighted by molar-refractivity contribution is 5.76. The average Bonchev–Trinajstić information content (AvgIpc) is 2.89. The summed E-state index contributed by atoms with van der Waals surface area (Å²) in [4.78, 5) is 16.4. The summed E-state index contributed by atoms with van der Waals surface area (Å²) in [6, 6.07) is 0. The Morgan fingerprint density at radius 3 is 2.70 bits per heavy atom. The third-order valence-electron chi connectivity index (χ3n) is 4.17. The number of hydrogen-bond donors (Lipinski definition) is 1. The molecule has 1 amide bonds. The van der Waals surface area contributed by atoms with Crippen molar-refractivity contribution in [2.24, 2.45) is 5.92 Å². The molecule has 112 valence electrons. The van der Waals surface area contributed by atoms with Gasteiger partial charge in [-0.05, 0) is 39.8 Å². The molecule has 0 saturated carbocycles. The van der Waals surface area contributed by atoms with Gasteiger partial charge < -0.3 is 15.5 Å². The Labute approximate surface area is 120 Å².